The van der Waals surface area contributed by atoms with Crippen LogP contribution in [0.25, 0.3) is 0 Å². The molecule has 2 rings (SSSR count). The lowest BCUT2D eigenvalue weighted by Crippen LogP contribution is -2.09. The number of aromatic hydroxyl groups is 1. The van der Waals surface area contributed by atoms with Gasteiger partial charge in [-0.2, -0.15) is 0 Å². The number of benzene rings is 2. The van der Waals surface area contributed by atoms with Crippen molar-refractivity contribution in [2.24, 2.45) is 5.16 Å². The number of rotatable bonds is 5. The molecule has 1 unspecified atom stereocenters. The monoisotopic (exact) mass is 316 g/mol. The Kier molecular flexibility index (Phi) is 4.92. The van der Waals surface area contributed by atoms with Gasteiger partial charge in [0.15, 0.2) is 0 Å². The summed E-state index contributed by atoms with van der Waals surface area (Å²) in [5.41, 5.74) is 1.69. The predicted octanol–water partition coefficient (Wildman–Crippen LogP) is 2.91. The number of phenols is 1. The number of nitro groups is 1. The van der Waals surface area contributed by atoms with Crippen LogP contribution in [-0.2, 0) is 0 Å². The van der Waals surface area contributed by atoms with Gasteiger partial charge in [-0.1, -0.05) is 16.8 Å². The number of hydrogen-bond acceptors (Lipinski definition) is 6. The van der Waals surface area contributed by atoms with Crippen LogP contribution >= 0.6 is 0 Å². The van der Waals surface area contributed by atoms with Crippen molar-refractivity contribution >= 4 is 11.4 Å². The summed E-state index contributed by atoms with van der Waals surface area (Å²) in [5.74, 6) is -0.0562. The standard InChI is InChI=1S/C16H16N2O5/c1-10-2-7-15(19)13(8-10)14(17-21)9-16(20)11-3-5-12(6-4-11)18(22)23/h2-8,16,19-21H,9H2,1H3/b17-14-. The van der Waals surface area contributed by atoms with E-state index in [2.05, 4.69) is 5.16 Å². The van der Waals surface area contributed by atoms with E-state index in [9.17, 15) is 25.5 Å². The van der Waals surface area contributed by atoms with Gasteiger partial charge in [0.25, 0.3) is 5.69 Å². The predicted molar refractivity (Wildman–Crippen MR) is 83.8 cm³/mol. The molecule has 3 N–H and O–H groups in total. The van der Waals surface area contributed by atoms with Crippen LogP contribution in [-0.4, -0.2) is 26.1 Å². The molecule has 2 aromatic carbocycles. The fraction of sp³-hybridized carbons (Fsp3) is 0.188. The second kappa shape index (κ2) is 6.89. The molecular formula is C16H16N2O5. The highest BCUT2D eigenvalue weighted by atomic mass is 16.6. The molecule has 0 spiro atoms. The van der Waals surface area contributed by atoms with Crippen LogP contribution in [0.5, 0.6) is 5.75 Å². The summed E-state index contributed by atoms with van der Waals surface area (Å²) < 4.78 is 0. The molecule has 120 valence electrons. The first-order valence-electron chi connectivity index (χ1n) is 6.85. The lowest BCUT2D eigenvalue weighted by atomic mass is 9.97. The Hall–Kier alpha value is -2.93. The number of oxime groups is 1. The van der Waals surface area contributed by atoms with Crippen LogP contribution in [0.1, 0.15) is 29.2 Å². The fourth-order valence-corrected chi connectivity index (χ4v) is 2.20. The van der Waals surface area contributed by atoms with E-state index in [4.69, 9.17) is 0 Å². The zero-order valence-electron chi connectivity index (χ0n) is 12.4. The lowest BCUT2D eigenvalue weighted by Gasteiger charge is -2.13. The van der Waals surface area contributed by atoms with Gasteiger partial charge in [0.05, 0.1) is 16.7 Å². The Bertz CT molecular complexity index is 741. The molecule has 0 fully saturated rings. The Morgan fingerprint density at radius 1 is 1.26 bits per heavy atom. The van der Waals surface area contributed by atoms with Gasteiger partial charge in [0.2, 0.25) is 0 Å². The number of hydrogen-bond donors (Lipinski definition) is 3. The average molecular weight is 316 g/mol. The smallest absolute Gasteiger partial charge is 0.269 e. The van der Waals surface area contributed by atoms with E-state index >= 15 is 0 Å². The number of phenolic OH excluding ortho intramolecular Hbond substituents is 1. The first kappa shape index (κ1) is 16.4. The maximum Gasteiger partial charge on any atom is 0.269 e. The van der Waals surface area contributed by atoms with Gasteiger partial charge >= 0.3 is 0 Å². The third kappa shape index (κ3) is 3.83. The van der Waals surface area contributed by atoms with Gasteiger partial charge in [0, 0.05) is 24.1 Å². The molecule has 0 bridgehead atoms. The number of nitro benzene ring substituents is 1. The Morgan fingerprint density at radius 3 is 2.48 bits per heavy atom. The van der Waals surface area contributed by atoms with Crippen molar-refractivity contribution in [1.29, 1.82) is 0 Å². The number of nitrogens with zero attached hydrogens (tertiary/aromatic N) is 2. The van der Waals surface area contributed by atoms with E-state index in [0.717, 1.165) is 5.56 Å². The third-order valence-corrected chi connectivity index (χ3v) is 3.46. The number of non-ortho nitro benzene ring substituents is 1. The first-order chi connectivity index (χ1) is 10.9. The highest BCUT2D eigenvalue weighted by Crippen LogP contribution is 2.26. The summed E-state index contributed by atoms with van der Waals surface area (Å²) >= 11 is 0. The van der Waals surface area contributed by atoms with Crippen molar-refractivity contribution < 1.29 is 20.3 Å². The quantitative estimate of drug-likeness (QED) is 0.339. The van der Waals surface area contributed by atoms with Crippen LogP contribution in [0.3, 0.4) is 0 Å². The number of aliphatic hydroxyl groups is 1. The summed E-state index contributed by atoms with van der Waals surface area (Å²) in [6.45, 7) is 1.82. The van der Waals surface area contributed by atoms with Crippen molar-refractivity contribution in [3.8, 4) is 5.75 Å². The second-order valence-corrected chi connectivity index (χ2v) is 5.14. The van der Waals surface area contributed by atoms with Gasteiger partial charge < -0.3 is 15.4 Å². The van der Waals surface area contributed by atoms with Crippen molar-refractivity contribution in [1.82, 2.24) is 0 Å². The fourth-order valence-electron chi connectivity index (χ4n) is 2.20. The summed E-state index contributed by atoms with van der Waals surface area (Å²) in [7, 11) is 0. The molecule has 7 nitrogen and oxygen atoms in total. The summed E-state index contributed by atoms with van der Waals surface area (Å²) in [5, 5.41) is 43.1. The first-order valence-corrected chi connectivity index (χ1v) is 6.85. The van der Waals surface area contributed by atoms with E-state index in [1.54, 1.807) is 12.1 Å². The highest BCUT2D eigenvalue weighted by molar-refractivity contribution is 6.02. The molecule has 0 saturated carbocycles. The minimum atomic E-state index is -1.03. The van der Waals surface area contributed by atoms with E-state index in [-0.39, 0.29) is 23.6 Å². The molecule has 0 aliphatic heterocycles. The van der Waals surface area contributed by atoms with E-state index < -0.39 is 11.0 Å². The van der Waals surface area contributed by atoms with Crippen molar-refractivity contribution in [2.45, 2.75) is 19.4 Å². The third-order valence-electron chi connectivity index (χ3n) is 3.46. The summed E-state index contributed by atoms with van der Waals surface area (Å²) in [6, 6.07) is 10.3. The van der Waals surface area contributed by atoms with Gasteiger partial charge in [-0.15, -0.1) is 0 Å². The minimum absolute atomic E-state index is 0.0503. The molecule has 0 saturated heterocycles. The number of aliphatic hydroxyl groups excluding tert-OH is 1. The minimum Gasteiger partial charge on any atom is -0.507 e. The normalized spacial score (nSPS) is 12.9. The maximum absolute atomic E-state index is 10.6. The molecule has 0 aliphatic rings. The molecule has 2 aromatic rings. The van der Waals surface area contributed by atoms with Crippen LogP contribution < -0.4 is 0 Å². The molecule has 0 aromatic heterocycles. The molecule has 1 atom stereocenters. The van der Waals surface area contributed by atoms with Crippen molar-refractivity contribution in [3.05, 3.63) is 69.3 Å². The molecule has 0 amide bonds. The molecule has 23 heavy (non-hydrogen) atoms. The van der Waals surface area contributed by atoms with Gasteiger partial charge in [-0.05, 0) is 36.8 Å². The Morgan fingerprint density at radius 2 is 1.91 bits per heavy atom. The highest BCUT2D eigenvalue weighted by Gasteiger charge is 2.17. The van der Waals surface area contributed by atoms with Gasteiger partial charge in [-0.3, -0.25) is 10.1 Å². The zero-order chi connectivity index (χ0) is 17.0. The van der Waals surface area contributed by atoms with Crippen molar-refractivity contribution in [3.63, 3.8) is 0 Å². The Balaban J connectivity index is 2.21. The maximum atomic E-state index is 10.6. The topological polar surface area (TPSA) is 116 Å². The van der Waals surface area contributed by atoms with Crippen LogP contribution in [0.2, 0.25) is 0 Å². The van der Waals surface area contributed by atoms with Crippen LogP contribution in [0.15, 0.2) is 47.6 Å². The summed E-state index contributed by atoms with van der Waals surface area (Å²) in [6.07, 6.45) is -1.08. The zero-order valence-corrected chi connectivity index (χ0v) is 12.4. The molecule has 7 heteroatoms. The number of aryl methyl sites for hydroxylation is 1. The summed E-state index contributed by atoms with van der Waals surface area (Å²) in [4.78, 5) is 10.1. The van der Waals surface area contributed by atoms with Gasteiger partial charge in [0.1, 0.15) is 5.75 Å². The average Bonchev–Trinajstić information content (AvgIpc) is 2.55. The van der Waals surface area contributed by atoms with E-state index in [1.807, 2.05) is 6.92 Å². The van der Waals surface area contributed by atoms with E-state index in [1.165, 1.54) is 30.3 Å². The van der Waals surface area contributed by atoms with Crippen LogP contribution in [0.4, 0.5) is 5.69 Å². The largest absolute Gasteiger partial charge is 0.507 e. The van der Waals surface area contributed by atoms with E-state index in [0.29, 0.717) is 11.1 Å². The Labute approximate surface area is 132 Å². The van der Waals surface area contributed by atoms with Crippen molar-refractivity contribution in [2.75, 3.05) is 0 Å². The SMILES string of the molecule is Cc1ccc(O)c(/C(CC(O)c2ccc([N+](=O)[O-])cc2)=N\O)c1. The van der Waals surface area contributed by atoms with Crippen LogP contribution in [0, 0.1) is 17.0 Å². The lowest BCUT2D eigenvalue weighted by molar-refractivity contribution is -0.384. The molecule has 0 radical (unpaired) electrons. The molecule has 0 heterocycles. The molecular weight excluding hydrogens is 300 g/mol. The second-order valence-electron chi connectivity index (χ2n) is 5.14. The molecule has 0 aliphatic carbocycles. The van der Waals surface area contributed by atoms with Gasteiger partial charge in [-0.25, -0.2) is 0 Å².